The summed E-state index contributed by atoms with van der Waals surface area (Å²) < 4.78 is 13.1. The van der Waals surface area contributed by atoms with Crippen molar-refractivity contribution in [3.05, 3.63) is 70.0 Å². The van der Waals surface area contributed by atoms with Gasteiger partial charge in [-0.15, -0.1) is 0 Å². The van der Waals surface area contributed by atoms with E-state index in [9.17, 15) is 4.39 Å². The second-order valence-corrected chi connectivity index (χ2v) is 5.84. The summed E-state index contributed by atoms with van der Waals surface area (Å²) in [7, 11) is 0. The molecule has 0 saturated heterocycles. The summed E-state index contributed by atoms with van der Waals surface area (Å²) in [6, 6.07) is 12.5. The van der Waals surface area contributed by atoms with Gasteiger partial charge in [-0.3, -0.25) is 0 Å². The van der Waals surface area contributed by atoms with E-state index in [-0.39, 0.29) is 10.6 Å². The Morgan fingerprint density at radius 3 is 2.72 bits per heavy atom. The molecule has 0 aliphatic carbocycles. The summed E-state index contributed by atoms with van der Waals surface area (Å²) in [4.78, 5) is 0.137. The molecule has 2 aromatic carbocycles. The number of benzene rings is 2. The first kappa shape index (κ1) is 13.6. The lowest BCUT2D eigenvalue weighted by Crippen LogP contribution is -1.98. The van der Waals surface area contributed by atoms with Crippen LogP contribution < -0.4 is 0 Å². The zero-order valence-electron chi connectivity index (χ0n) is 9.96. The molecule has 0 aliphatic heterocycles. The van der Waals surface area contributed by atoms with Gasteiger partial charge in [0, 0.05) is 9.85 Å². The van der Waals surface area contributed by atoms with Gasteiger partial charge in [0.15, 0.2) is 0 Å². The topological polar surface area (TPSA) is 0 Å². The monoisotopic (exact) mass is 326 g/mol. The number of rotatable bonds is 3. The molecule has 0 aromatic heterocycles. The van der Waals surface area contributed by atoms with Crippen LogP contribution in [0.25, 0.3) is 0 Å². The van der Waals surface area contributed by atoms with Crippen LogP contribution >= 0.6 is 27.5 Å². The number of alkyl halides is 1. The van der Waals surface area contributed by atoms with E-state index < -0.39 is 0 Å². The zero-order valence-corrected chi connectivity index (χ0v) is 12.3. The van der Waals surface area contributed by atoms with Crippen molar-refractivity contribution >= 4 is 27.5 Å². The summed E-state index contributed by atoms with van der Waals surface area (Å²) in [5.74, 6) is -0.199. The molecular weight excluding hydrogens is 315 g/mol. The SMILES string of the molecule is Cc1ccc(Cl)cc1C(Br)Cc1cccc(F)c1. The minimum absolute atomic E-state index is 0.137. The first-order valence-electron chi connectivity index (χ1n) is 5.71. The van der Waals surface area contributed by atoms with Crippen LogP contribution in [0.4, 0.5) is 4.39 Å². The van der Waals surface area contributed by atoms with Gasteiger partial charge in [-0.25, -0.2) is 4.39 Å². The standard InChI is InChI=1S/C15H13BrClF/c1-10-5-6-12(17)9-14(10)15(16)8-11-3-2-4-13(18)7-11/h2-7,9,15H,8H2,1H3. The summed E-state index contributed by atoms with van der Waals surface area (Å²) >= 11 is 9.66. The van der Waals surface area contributed by atoms with Crippen molar-refractivity contribution in [3.63, 3.8) is 0 Å². The smallest absolute Gasteiger partial charge is 0.123 e. The molecule has 1 unspecified atom stereocenters. The Labute approximate surface area is 120 Å². The molecule has 94 valence electrons. The second-order valence-electron chi connectivity index (χ2n) is 4.30. The van der Waals surface area contributed by atoms with E-state index in [2.05, 4.69) is 15.9 Å². The maximum Gasteiger partial charge on any atom is 0.123 e. The highest BCUT2D eigenvalue weighted by molar-refractivity contribution is 9.09. The Bertz CT molecular complexity index is 554. The fourth-order valence-corrected chi connectivity index (χ4v) is 2.98. The third-order valence-electron chi connectivity index (χ3n) is 2.88. The molecule has 0 N–H and O–H groups in total. The van der Waals surface area contributed by atoms with E-state index in [1.54, 1.807) is 12.1 Å². The molecule has 1 atom stereocenters. The maximum atomic E-state index is 13.1. The predicted octanol–water partition coefficient (Wildman–Crippen LogP) is 5.47. The lowest BCUT2D eigenvalue weighted by atomic mass is 10.0. The number of halogens is 3. The molecule has 0 aliphatic rings. The molecule has 0 radical (unpaired) electrons. The van der Waals surface area contributed by atoms with Crippen molar-refractivity contribution in [2.75, 3.05) is 0 Å². The molecule has 0 heterocycles. The lowest BCUT2D eigenvalue weighted by Gasteiger charge is -2.13. The number of aryl methyl sites for hydroxylation is 1. The zero-order chi connectivity index (χ0) is 13.1. The van der Waals surface area contributed by atoms with Crippen LogP contribution in [0.1, 0.15) is 21.5 Å². The van der Waals surface area contributed by atoms with E-state index >= 15 is 0 Å². The van der Waals surface area contributed by atoms with Crippen molar-refractivity contribution < 1.29 is 4.39 Å². The van der Waals surface area contributed by atoms with Gasteiger partial charge in [0.05, 0.1) is 0 Å². The van der Waals surface area contributed by atoms with Gasteiger partial charge in [0.2, 0.25) is 0 Å². The average Bonchev–Trinajstić information content (AvgIpc) is 2.32. The second kappa shape index (κ2) is 5.85. The van der Waals surface area contributed by atoms with Crippen molar-refractivity contribution in [3.8, 4) is 0 Å². The summed E-state index contributed by atoms with van der Waals surface area (Å²) in [5, 5.41) is 0.722. The van der Waals surface area contributed by atoms with Crippen LogP contribution in [-0.2, 0) is 6.42 Å². The van der Waals surface area contributed by atoms with Gasteiger partial charge >= 0.3 is 0 Å². The van der Waals surface area contributed by atoms with Crippen molar-refractivity contribution in [2.45, 2.75) is 18.2 Å². The molecule has 2 aromatic rings. The van der Waals surface area contributed by atoms with Gasteiger partial charge in [-0.1, -0.05) is 45.7 Å². The van der Waals surface area contributed by atoms with Crippen LogP contribution in [0.5, 0.6) is 0 Å². The Morgan fingerprint density at radius 1 is 1.22 bits per heavy atom. The highest BCUT2D eigenvalue weighted by atomic mass is 79.9. The minimum Gasteiger partial charge on any atom is -0.207 e. The third kappa shape index (κ3) is 3.33. The Balaban J connectivity index is 2.21. The molecule has 18 heavy (non-hydrogen) atoms. The van der Waals surface area contributed by atoms with Gasteiger partial charge in [-0.05, 0) is 54.3 Å². The van der Waals surface area contributed by atoms with Gasteiger partial charge in [-0.2, -0.15) is 0 Å². The molecule has 0 saturated carbocycles. The quantitative estimate of drug-likeness (QED) is 0.656. The first-order valence-corrected chi connectivity index (χ1v) is 7.00. The van der Waals surface area contributed by atoms with E-state index in [0.717, 1.165) is 22.6 Å². The van der Waals surface area contributed by atoms with E-state index in [1.807, 2.05) is 31.2 Å². The third-order valence-corrected chi connectivity index (χ3v) is 3.93. The maximum absolute atomic E-state index is 13.1. The number of hydrogen-bond donors (Lipinski definition) is 0. The molecular formula is C15H13BrClF. The van der Waals surface area contributed by atoms with Crippen molar-refractivity contribution in [1.82, 2.24) is 0 Å². The van der Waals surface area contributed by atoms with E-state index in [0.29, 0.717) is 0 Å². The van der Waals surface area contributed by atoms with Crippen LogP contribution in [0.2, 0.25) is 5.02 Å². The molecule has 0 nitrogen and oxygen atoms in total. The fourth-order valence-electron chi connectivity index (χ4n) is 1.93. The van der Waals surface area contributed by atoms with E-state index in [4.69, 9.17) is 11.6 Å². The molecule has 0 spiro atoms. The summed E-state index contributed by atoms with van der Waals surface area (Å²) in [5.41, 5.74) is 3.29. The van der Waals surface area contributed by atoms with Crippen molar-refractivity contribution in [1.29, 1.82) is 0 Å². The van der Waals surface area contributed by atoms with Crippen LogP contribution in [0.3, 0.4) is 0 Å². The Morgan fingerprint density at radius 2 is 2.00 bits per heavy atom. The Hall–Kier alpha value is -0.860. The highest BCUT2D eigenvalue weighted by Crippen LogP contribution is 2.31. The van der Waals surface area contributed by atoms with Gasteiger partial charge < -0.3 is 0 Å². The summed E-state index contributed by atoms with van der Waals surface area (Å²) in [6.45, 7) is 2.05. The molecule has 3 heteroatoms. The fraction of sp³-hybridized carbons (Fsp3) is 0.200. The van der Waals surface area contributed by atoms with Crippen molar-refractivity contribution in [2.24, 2.45) is 0 Å². The van der Waals surface area contributed by atoms with Gasteiger partial charge in [0.1, 0.15) is 5.82 Å². The lowest BCUT2D eigenvalue weighted by molar-refractivity contribution is 0.625. The van der Waals surface area contributed by atoms with Gasteiger partial charge in [0.25, 0.3) is 0 Å². The number of hydrogen-bond acceptors (Lipinski definition) is 0. The molecule has 0 amide bonds. The highest BCUT2D eigenvalue weighted by Gasteiger charge is 2.12. The molecule has 0 fully saturated rings. The molecule has 0 bridgehead atoms. The first-order chi connectivity index (χ1) is 8.56. The van der Waals surface area contributed by atoms with E-state index in [1.165, 1.54) is 11.6 Å². The minimum atomic E-state index is -0.199. The molecule has 2 rings (SSSR count). The van der Waals surface area contributed by atoms with Crippen LogP contribution in [0, 0.1) is 12.7 Å². The average molecular weight is 328 g/mol. The normalized spacial score (nSPS) is 12.4. The van der Waals surface area contributed by atoms with Crippen LogP contribution in [-0.4, -0.2) is 0 Å². The van der Waals surface area contributed by atoms with Crippen LogP contribution in [0.15, 0.2) is 42.5 Å². The predicted molar refractivity (Wildman–Crippen MR) is 78.0 cm³/mol. The Kier molecular flexibility index (Phi) is 4.41. The summed E-state index contributed by atoms with van der Waals surface area (Å²) in [6.07, 6.45) is 0.735. The largest absolute Gasteiger partial charge is 0.207 e.